The topological polar surface area (TPSA) is 21.6 Å². The molecule has 2 nitrogen and oxygen atoms in total. The third-order valence-corrected chi connectivity index (χ3v) is 5.81. The van der Waals surface area contributed by atoms with E-state index in [1.165, 1.54) is 24.0 Å². The van der Waals surface area contributed by atoms with E-state index in [1.807, 2.05) is 12.1 Å². The van der Waals surface area contributed by atoms with Crippen molar-refractivity contribution >= 4 is 23.0 Å². The maximum Gasteiger partial charge on any atom is 0.123 e. The predicted molar refractivity (Wildman–Crippen MR) is 87.1 cm³/mol. The molecule has 2 aliphatic rings. The highest BCUT2D eigenvalue weighted by atomic mass is 32.2. The van der Waals surface area contributed by atoms with Crippen molar-refractivity contribution in [3.05, 3.63) is 41.2 Å². The molecule has 2 bridgehead atoms. The maximum absolute atomic E-state index is 13.2. The maximum atomic E-state index is 13.2. The zero-order chi connectivity index (χ0) is 14.8. The van der Waals surface area contributed by atoms with Gasteiger partial charge in [0.25, 0.3) is 0 Å². The molecule has 2 aliphatic heterocycles. The molecule has 0 amide bonds. The number of benzene rings is 1. The van der Waals surface area contributed by atoms with Gasteiger partial charge in [-0.25, -0.2) is 4.39 Å². The number of allylic oxidation sites excluding steroid dienone is 1. The molecule has 0 N–H and O–H groups in total. The molecule has 3 rings (SSSR count). The first kappa shape index (κ1) is 14.6. The molecule has 1 aromatic carbocycles. The summed E-state index contributed by atoms with van der Waals surface area (Å²) in [6.45, 7) is 2.11. The molecule has 1 aromatic rings. The van der Waals surface area contributed by atoms with Crippen molar-refractivity contribution < 1.29 is 9.23 Å². The molecule has 2 atom stereocenters. The van der Waals surface area contributed by atoms with Gasteiger partial charge in [-0.15, -0.1) is 11.8 Å². The second-order valence-electron chi connectivity index (χ2n) is 5.50. The first-order chi connectivity index (χ1) is 10.2. The lowest BCUT2D eigenvalue weighted by molar-refractivity contribution is 0.213. The van der Waals surface area contributed by atoms with Gasteiger partial charge in [0.05, 0.1) is 5.71 Å². The van der Waals surface area contributed by atoms with E-state index in [9.17, 15) is 4.39 Å². The minimum atomic E-state index is -0.185. The third-order valence-electron chi connectivity index (χ3n) is 4.23. The summed E-state index contributed by atoms with van der Waals surface area (Å²) in [5.41, 5.74) is 4.82. The second kappa shape index (κ2) is 6.22. The van der Waals surface area contributed by atoms with Crippen LogP contribution in [0.25, 0.3) is 5.57 Å². The van der Waals surface area contributed by atoms with Crippen molar-refractivity contribution in [1.82, 2.24) is 0 Å². The van der Waals surface area contributed by atoms with E-state index in [1.54, 1.807) is 19.2 Å². The van der Waals surface area contributed by atoms with Crippen molar-refractivity contribution in [3.63, 3.8) is 0 Å². The lowest BCUT2D eigenvalue weighted by Crippen LogP contribution is -2.19. The van der Waals surface area contributed by atoms with E-state index < -0.39 is 0 Å². The SMILES string of the molecule is CCC(=NOC)C1=C(c2ccc(F)cc2)CC2CC[C@@H]1S2. The minimum absolute atomic E-state index is 0.185. The standard InChI is InChI=1S/C17H20FNOS/c1-3-15(19-20-2)17-14(10-13-8-9-16(17)21-13)11-4-6-12(18)7-5-11/h4-7,13,16H,3,8-10H2,1-2H3/t13?,16-/m0/s1. The van der Waals surface area contributed by atoms with Gasteiger partial charge in [-0.05, 0) is 54.5 Å². The summed E-state index contributed by atoms with van der Waals surface area (Å²) < 4.78 is 13.2. The normalized spacial score (nSPS) is 25.4. The Morgan fingerprint density at radius 1 is 1.33 bits per heavy atom. The molecule has 0 aliphatic carbocycles. The number of hydrogen-bond acceptors (Lipinski definition) is 3. The molecule has 1 fully saturated rings. The van der Waals surface area contributed by atoms with Crippen LogP contribution in [0.2, 0.25) is 0 Å². The molecule has 0 aromatic heterocycles. The largest absolute Gasteiger partial charge is 0.399 e. The van der Waals surface area contributed by atoms with Gasteiger partial charge in [0.2, 0.25) is 0 Å². The Bertz CT molecular complexity index is 579. The van der Waals surface area contributed by atoms with Gasteiger partial charge in [-0.2, -0.15) is 0 Å². The van der Waals surface area contributed by atoms with Crippen LogP contribution in [0, 0.1) is 5.82 Å². The number of halogens is 1. The predicted octanol–water partition coefficient (Wildman–Crippen LogP) is 4.66. The van der Waals surface area contributed by atoms with E-state index >= 15 is 0 Å². The zero-order valence-electron chi connectivity index (χ0n) is 12.4. The Balaban J connectivity index is 2.09. The number of oxime groups is 1. The van der Waals surface area contributed by atoms with Crippen LogP contribution < -0.4 is 0 Å². The number of nitrogens with zero attached hydrogens (tertiary/aromatic N) is 1. The lowest BCUT2D eigenvalue weighted by atomic mass is 9.91. The van der Waals surface area contributed by atoms with Gasteiger partial charge in [-0.3, -0.25) is 0 Å². The molecule has 2 heterocycles. The van der Waals surface area contributed by atoms with Gasteiger partial charge in [0.15, 0.2) is 0 Å². The average Bonchev–Trinajstić information content (AvgIpc) is 2.88. The fourth-order valence-corrected chi connectivity index (χ4v) is 4.99. The number of hydrogen-bond donors (Lipinski definition) is 0. The van der Waals surface area contributed by atoms with Gasteiger partial charge in [0, 0.05) is 10.5 Å². The summed E-state index contributed by atoms with van der Waals surface area (Å²) in [6.07, 6.45) is 4.37. The van der Waals surface area contributed by atoms with Crippen molar-refractivity contribution in [2.45, 2.75) is 43.1 Å². The summed E-state index contributed by atoms with van der Waals surface area (Å²) in [5, 5.41) is 5.45. The van der Waals surface area contributed by atoms with E-state index in [0.717, 1.165) is 24.1 Å². The third kappa shape index (κ3) is 2.86. The van der Waals surface area contributed by atoms with E-state index in [4.69, 9.17) is 4.84 Å². The molecule has 0 saturated carbocycles. The Kier molecular flexibility index (Phi) is 4.34. The van der Waals surface area contributed by atoms with Gasteiger partial charge >= 0.3 is 0 Å². The van der Waals surface area contributed by atoms with Crippen molar-refractivity contribution in [2.24, 2.45) is 5.16 Å². The molecular weight excluding hydrogens is 285 g/mol. The molecule has 0 radical (unpaired) electrons. The summed E-state index contributed by atoms with van der Waals surface area (Å²) in [4.78, 5) is 5.04. The van der Waals surface area contributed by atoms with Crippen LogP contribution in [-0.2, 0) is 4.84 Å². The smallest absolute Gasteiger partial charge is 0.123 e. The number of rotatable bonds is 4. The van der Waals surface area contributed by atoms with Crippen molar-refractivity contribution in [3.8, 4) is 0 Å². The van der Waals surface area contributed by atoms with Crippen LogP contribution >= 0.6 is 11.8 Å². The molecule has 4 heteroatoms. The quantitative estimate of drug-likeness (QED) is 0.596. The summed E-state index contributed by atoms with van der Waals surface area (Å²) in [5.74, 6) is -0.185. The highest BCUT2D eigenvalue weighted by Gasteiger charge is 2.37. The number of fused-ring (bicyclic) bond motifs is 2. The van der Waals surface area contributed by atoms with Crippen LogP contribution in [0.1, 0.15) is 38.2 Å². The van der Waals surface area contributed by atoms with E-state index in [-0.39, 0.29) is 5.82 Å². The highest BCUT2D eigenvalue weighted by molar-refractivity contribution is 8.01. The number of thioether (sulfide) groups is 1. The summed E-state index contributed by atoms with van der Waals surface area (Å²) in [7, 11) is 1.60. The van der Waals surface area contributed by atoms with Gasteiger partial charge < -0.3 is 4.84 Å². The second-order valence-corrected chi connectivity index (χ2v) is 7.01. The van der Waals surface area contributed by atoms with E-state index in [2.05, 4.69) is 23.8 Å². The summed E-state index contributed by atoms with van der Waals surface area (Å²) >= 11 is 2.06. The Labute approximate surface area is 129 Å². The molecular formula is C17H20FNOS. The zero-order valence-corrected chi connectivity index (χ0v) is 13.3. The molecule has 21 heavy (non-hydrogen) atoms. The lowest BCUT2D eigenvalue weighted by Gasteiger charge is -2.27. The van der Waals surface area contributed by atoms with Crippen molar-refractivity contribution in [1.29, 1.82) is 0 Å². The Morgan fingerprint density at radius 2 is 2.10 bits per heavy atom. The first-order valence-corrected chi connectivity index (χ1v) is 8.42. The monoisotopic (exact) mass is 305 g/mol. The van der Waals surface area contributed by atoms with E-state index in [0.29, 0.717) is 10.5 Å². The average molecular weight is 305 g/mol. The molecule has 1 unspecified atom stereocenters. The fourth-order valence-electron chi connectivity index (χ4n) is 3.30. The molecule has 0 spiro atoms. The highest BCUT2D eigenvalue weighted by Crippen LogP contribution is 2.49. The molecule has 1 saturated heterocycles. The van der Waals surface area contributed by atoms with Crippen LogP contribution in [0.5, 0.6) is 0 Å². The first-order valence-electron chi connectivity index (χ1n) is 7.47. The summed E-state index contributed by atoms with van der Waals surface area (Å²) in [6, 6.07) is 6.87. The Morgan fingerprint density at radius 3 is 2.76 bits per heavy atom. The fraction of sp³-hybridized carbons (Fsp3) is 0.471. The van der Waals surface area contributed by atoms with Gasteiger partial charge in [0.1, 0.15) is 12.9 Å². The van der Waals surface area contributed by atoms with Crippen LogP contribution in [0.15, 0.2) is 35.0 Å². The van der Waals surface area contributed by atoms with Gasteiger partial charge in [-0.1, -0.05) is 24.2 Å². The van der Waals surface area contributed by atoms with Crippen LogP contribution in [0.3, 0.4) is 0 Å². The minimum Gasteiger partial charge on any atom is -0.399 e. The van der Waals surface area contributed by atoms with Crippen LogP contribution in [0.4, 0.5) is 4.39 Å². The van der Waals surface area contributed by atoms with Crippen molar-refractivity contribution in [2.75, 3.05) is 7.11 Å². The Hall–Kier alpha value is -1.29. The molecule has 112 valence electrons. The van der Waals surface area contributed by atoms with Crippen LogP contribution in [-0.4, -0.2) is 23.3 Å².